The lowest BCUT2D eigenvalue weighted by atomic mass is 10.0. The van der Waals surface area contributed by atoms with Gasteiger partial charge in [0.2, 0.25) is 0 Å². The highest BCUT2D eigenvalue weighted by Crippen LogP contribution is 2.37. The van der Waals surface area contributed by atoms with Crippen molar-refractivity contribution in [3.63, 3.8) is 0 Å². The minimum absolute atomic E-state index is 0.0220. The molecule has 0 aliphatic heterocycles. The number of rotatable bonds is 2. The van der Waals surface area contributed by atoms with E-state index in [0.29, 0.717) is 16.2 Å². The van der Waals surface area contributed by atoms with E-state index in [1.807, 2.05) is 0 Å². The van der Waals surface area contributed by atoms with E-state index in [1.54, 1.807) is 12.1 Å². The van der Waals surface area contributed by atoms with E-state index in [-0.39, 0.29) is 23.7 Å². The highest BCUT2D eigenvalue weighted by molar-refractivity contribution is 8.04. The maximum absolute atomic E-state index is 11.6. The van der Waals surface area contributed by atoms with Gasteiger partial charge >= 0.3 is 0 Å². The molecular weight excluding hydrogens is 240 g/mol. The van der Waals surface area contributed by atoms with Gasteiger partial charge in [-0.3, -0.25) is 4.79 Å². The quantitative estimate of drug-likeness (QED) is 0.748. The van der Waals surface area contributed by atoms with E-state index in [1.165, 1.54) is 12.1 Å². The predicted octanol–water partition coefficient (Wildman–Crippen LogP) is 1.80. The Morgan fingerprint density at radius 3 is 2.71 bits per heavy atom. The van der Waals surface area contributed by atoms with Crippen LogP contribution < -0.4 is 0 Å². The smallest absolute Gasteiger partial charge is 0.171 e. The number of hydrogen-bond donors (Lipinski definition) is 3. The van der Waals surface area contributed by atoms with Gasteiger partial charge in [0.1, 0.15) is 11.5 Å². The van der Waals surface area contributed by atoms with E-state index in [4.69, 9.17) is 5.11 Å². The number of carbonyl (C=O) groups is 1. The van der Waals surface area contributed by atoms with Gasteiger partial charge in [-0.2, -0.15) is 0 Å². The van der Waals surface area contributed by atoms with Gasteiger partial charge in [-0.05, 0) is 18.6 Å². The number of phenols is 2. The molecule has 3 N–H and O–H groups in total. The van der Waals surface area contributed by atoms with Gasteiger partial charge in [0, 0.05) is 12.5 Å². The molecule has 5 heteroatoms. The first-order valence-corrected chi connectivity index (χ1v) is 5.99. The minimum Gasteiger partial charge on any atom is -0.508 e. The summed E-state index contributed by atoms with van der Waals surface area (Å²) in [5.41, 5.74) is 0. The van der Waals surface area contributed by atoms with Crippen LogP contribution in [0.3, 0.4) is 0 Å². The predicted molar refractivity (Wildman–Crippen MR) is 64.0 cm³/mol. The number of benzene rings is 1. The molecule has 0 fully saturated rings. The number of aromatic hydroxyl groups is 2. The molecule has 0 bridgehead atoms. The van der Waals surface area contributed by atoms with Crippen molar-refractivity contribution >= 4 is 17.5 Å². The second kappa shape index (κ2) is 4.81. The van der Waals surface area contributed by atoms with Crippen LogP contribution in [0.25, 0.3) is 0 Å². The first kappa shape index (κ1) is 12.0. The van der Waals surface area contributed by atoms with E-state index in [0.717, 1.165) is 11.8 Å². The largest absolute Gasteiger partial charge is 0.508 e. The number of phenolic OH excluding ortho intramolecular Hbond substituents is 2. The molecule has 1 aromatic rings. The number of carbonyl (C=O) groups excluding carboxylic acids is 1. The third-order valence-corrected chi connectivity index (χ3v) is 3.61. The molecule has 2 rings (SSSR count). The summed E-state index contributed by atoms with van der Waals surface area (Å²) in [6, 6.07) is 4.23. The Labute approximate surface area is 103 Å². The Morgan fingerprint density at radius 2 is 2.06 bits per heavy atom. The summed E-state index contributed by atoms with van der Waals surface area (Å²) in [6.45, 7) is 0. The summed E-state index contributed by atoms with van der Waals surface area (Å²) in [5, 5.41) is 28.0. The van der Waals surface area contributed by atoms with Gasteiger partial charge in [0.15, 0.2) is 5.78 Å². The SMILES string of the molecule is O=C1CC(O)CC=C1Sc1ccc(O)cc1O. The van der Waals surface area contributed by atoms with Crippen molar-refractivity contribution in [2.75, 3.05) is 0 Å². The Bertz CT molecular complexity index is 481. The van der Waals surface area contributed by atoms with Crippen molar-refractivity contribution in [2.45, 2.75) is 23.8 Å². The van der Waals surface area contributed by atoms with Crippen LogP contribution in [-0.4, -0.2) is 27.2 Å². The highest BCUT2D eigenvalue weighted by atomic mass is 32.2. The maximum atomic E-state index is 11.6. The summed E-state index contributed by atoms with van der Waals surface area (Å²) in [5.74, 6) is -0.206. The summed E-state index contributed by atoms with van der Waals surface area (Å²) in [7, 11) is 0. The fraction of sp³-hybridized carbons (Fsp3) is 0.250. The van der Waals surface area contributed by atoms with E-state index < -0.39 is 6.10 Å². The number of allylic oxidation sites excluding steroid dienone is 1. The molecule has 4 nitrogen and oxygen atoms in total. The molecule has 1 aromatic carbocycles. The number of aliphatic hydroxyl groups excluding tert-OH is 1. The number of aliphatic hydroxyl groups is 1. The van der Waals surface area contributed by atoms with Crippen LogP contribution in [0.15, 0.2) is 34.1 Å². The van der Waals surface area contributed by atoms with Crippen molar-refractivity contribution in [3.8, 4) is 11.5 Å². The standard InChI is InChI=1S/C12H12O4S/c13-7-1-3-11(9(15)5-7)17-12-4-2-8(14)6-10(12)16/h1,3-5,8,13-15H,2,6H2. The molecule has 1 unspecified atom stereocenters. The van der Waals surface area contributed by atoms with Gasteiger partial charge < -0.3 is 15.3 Å². The number of ketones is 1. The van der Waals surface area contributed by atoms with Gasteiger partial charge in [0.25, 0.3) is 0 Å². The van der Waals surface area contributed by atoms with Gasteiger partial charge in [-0.25, -0.2) is 0 Å². The van der Waals surface area contributed by atoms with Crippen LogP contribution in [-0.2, 0) is 4.79 Å². The molecule has 0 amide bonds. The zero-order chi connectivity index (χ0) is 12.4. The normalized spacial score (nSPS) is 20.2. The average molecular weight is 252 g/mol. The molecule has 0 radical (unpaired) electrons. The molecule has 1 atom stereocenters. The first-order valence-electron chi connectivity index (χ1n) is 5.17. The molecule has 0 saturated carbocycles. The molecular formula is C12H12O4S. The molecule has 0 heterocycles. The van der Waals surface area contributed by atoms with Crippen molar-refractivity contribution < 1.29 is 20.1 Å². The third kappa shape index (κ3) is 2.81. The van der Waals surface area contributed by atoms with Crippen LogP contribution >= 0.6 is 11.8 Å². The lowest BCUT2D eigenvalue weighted by Crippen LogP contribution is -2.18. The maximum Gasteiger partial charge on any atom is 0.171 e. The van der Waals surface area contributed by atoms with Crippen LogP contribution in [0.1, 0.15) is 12.8 Å². The van der Waals surface area contributed by atoms with Crippen molar-refractivity contribution in [2.24, 2.45) is 0 Å². The number of hydrogen-bond acceptors (Lipinski definition) is 5. The van der Waals surface area contributed by atoms with E-state index >= 15 is 0 Å². The minimum atomic E-state index is -0.597. The average Bonchev–Trinajstić information content (AvgIpc) is 2.25. The van der Waals surface area contributed by atoms with Crippen molar-refractivity contribution in [1.82, 2.24) is 0 Å². The molecule has 17 heavy (non-hydrogen) atoms. The summed E-state index contributed by atoms with van der Waals surface area (Å²) < 4.78 is 0. The van der Waals surface area contributed by atoms with Crippen molar-refractivity contribution in [1.29, 1.82) is 0 Å². The second-order valence-electron chi connectivity index (χ2n) is 3.84. The lowest BCUT2D eigenvalue weighted by Gasteiger charge is -2.16. The van der Waals surface area contributed by atoms with Crippen LogP contribution in [0.2, 0.25) is 0 Å². The Balaban J connectivity index is 2.18. The lowest BCUT2D eigenvalue weighted by molar-refractivity contribution is -0.117. The van der Waals surface area contributed by atoms with Crippen LogP contribution in [0.5, 0.6) is 11.5 Å². The fourth-order valence-electron chi connectivity index (χ4n) is 1.56. The summed E-state index contributed by atoms with van der Waals surface area (Å²) in [6.07, 6.45) is 1.65. The molecule has 1 aliphatic carbocycles. The number of Topliss-reactive ketones (excluding diaryl/α,β-unsaturated/α-hetero) is 1. The Hall–Kier alpha value is -1.46. The Morgan fingerprint density at radius 1 is 1.29 bits per heavy atom. The summed E-state index contributed by atoms with van der Waals surface area (Å²) >= 11 is 1.15. The zero-order valence-corrected chi connectivity index (χ0v) is 9.78. The topological polar surface area (TPSA) is 77.8 Å². The van der Waals surface area contributed by atoms with Crippen LogP contribution in [0, 0.1) is 0 Å². The van der Waals surface area contributed by atoms with E-state index in [2.05, 4.69) is 0 Å². The zero-order valence-electron chi connectivity index (χ0n) is 8.96. The van der Waals surface area contributed by atoms with Gasteiger partial charge in [0.05, 0.1) is 15.9 Å². The second-order valence-corrected chi connectivity index (χ2v) is 4.92. The molecule has 0 aromatic heterocycles. The first-order chi connectivity index (χ1) is 8.06. The number of thioether (sulfide) groups is 1. The highest BCUT2D eigenvalue weighted by Gasteiger charge is 2.21. The Kier molecular flexibility index (Phi) is 3.40. The molecule has 1 aliphatic rings. The molecule has 0 spiro atoms. The van der Waals surface area contributed by atoms with Gasteiger partial charge in [-0.15, -0.1) is 0 Å². The summed E-state index contributed by atoms with van der Waals surface area (Å²) in [4.78, 5) is 12.6. The van der Waals surface area contributed by atoms with Crippen LogP contribution in [0.4, 0.5) is 0 Å². The van der Waals surface area contributed by atoms with E-state index in [9.17, 15) is 15.0 Å². The fourth-order valence-corrected chi connectivity index (χ4v) is 2.48. The van der Waals surface area contributed by atoms with Crippen molar-refractivity contribution in [3.05, 3.63) is 29.2 Å². The monoisotopic (exact) mass is 252 g/mol. The molecule has 90 valence electrons. The third-order valence-electron chi connectivity index (χ3n) is 2.43. The van der Waals surface area contributed by atoms with Gasteiger partial charge in [-0.1, -0.05) is 17.8 Å². The molecule has 0 saturated heterocycles.